The van der Waals surface area contributed by atoms with Crippen molar-refractivity contribution in [2.24, 2.45) is 5.73 Å². The highest BCUT2D eigenvalue weighted by Crippen LogP contribution is 2.25. The molecule has 2 atom stereocenters. The molecule has 1 fully saturated rings. The Balaban J connectivity index is 2.50. The highest BCUT2D eigenvalue weighted by molar-refractivity contribution is 4.92. The maximum Gasteiger partial charge on any atom is 0.328 e. The highest BCUT2D eigenvalue weighted by atomic mass is 16.2. The van der Waals surface area contributed by atoms with Crippen LogP contribution in [0.5, 0.6) is 0 Å². The van der Waals surface area contributed by atoms with Gasteiger partial charge in [0.25, 0.3) is 5.56 Å². The van der Waals surface area contributed by atoms with Gasteiger partial charge in [-0.15, -0.1) is 0 Å². The lowest BCUT2D eigenvalue weighted by Gasteiger charge is -2.16. The first-order valence-electron chi connectivity index (χ1n) is 4.76. The minimum Gasteiger partial charge on any atom is -0.326 e. The van der Waals surface area contributed by atoms with Gasteiger partial charge < -0.3 is 10.7 Å². The van der Waals surface area contributed by atoms with Gasteiger partial charge in [0.05, 0.1) is 6.04 Å². The Bertz CT molecular complexity index is 406. The second-order valence-electron chi connectivity index (χ2n) is 3.65. The molecule has 1 aromatic heterocycles. The maximum absolute atomic E-state index is 11.5. The monoisotopic (exact) mass is 195 g/mol. The maximum atomic E-state index is 11.5. The molecule has 76 valence electrons. The largest absolute Gasteiger partial charge is 0.328 e. The fourth-order valence-electron chi connectivity index (χ4n) is 2.04. The van der Waals surface area contributed by atoms with Crippen LogP contribution in [0, 0.1) is 0 Å². The molecule has 1 aliphatic rings. The molecule has 1 aliphatic carbocycles. The van der Waals surface area contributed by atoms with E-state index in [2.05, 4.69) is 4.98 Å². The van der Waals surface area contributed by atoms with Gasteiger partial charge in [-0.2, -0.15) is 0 Å². The summed E-state index contributed by atoms with van der Waals surface area (Å²) in [5, 5.41) is 0. The van der Waals surface area contributed by atoms with Crippen LogP contribution in [-0.4, -0.2) is 15.6 Å². The molecule has 3 N–H and O–H groups in total. The van der Waals surface area contributed by atoms with Gasteiger partial charge in [-0.25, -0.2) is 4.79 Å². The average Bonchev–Trinajstić information content (AvgIpc) is 2.52. The molecule has 0 amide bonds. The second kappa shape index (κ2) is 3.42. The van der Waals surface area contributed by atoms with Gasteiger partial charge in [0.2, 0.25) is 0 Å². The predicted octanol–water partition coefficient (Wildman–Crippen LogP) is -0.411. The van der Waals surface area contributed by atoms with Crippen LogP contribution in [0.25, 0.3) is 0 Å². The van der Waals surface area contributed by atoms with E-state index in [-0.39, 0.29) is 23.3 Å². The third-order valence-electron chi connectivity index (χ3n) is 2.75. The van der Waals surface area contributed by atoms with Crippen LogP contribution in [0.4, 0.5) is 0 Å². The number of rotatable bonds is 1. The van der Waals surface area contributed by atoms with Gasteiger partial charge in [-0.1, -0.05) is 0 Å². The molecule has 1 heterocycles. The van der Waals surface area contributed by atoms with Crippen LogP contribution in [0.3, 0.4) is 0 Å². The molecule has 5 nitrogen and oxygen atoms in total. The van der Waals surface area contributed by atoms with Crippen LogP contribution in [0.2, 0.25) is 0 Å². The van der Waals surface area contributed by atoms with Gasteiger partial charge in [-0.05, 0) is 19.3 Å². The van der Waals surface area contributed by atoms with E-state index in [1.165, 1.54) is 16.8 Å². The van der Waals surface area contributed by atoms with E-state index in [0.29, 0.717) is 0 Å². The molecule has 0 aromatic carbocycles. The Kier molecular flexibility index (Phi) is 2.25. The number of nitrogens with zero attached hydrogens (tertiary/aromatic N) is 1. The first-order valence-corrected chi connectivity index (χ1v) is 4.76. The highest BCUT2D eigenvalue weighted by Gasteiger charge is 2.27. The van der Waals surface area contributed by atoms with Crippen LogP contribution in [-0.2, 0) is 0 Å². The first-order chi connectivity index (χ1) is 6.70. The van der Waals surface area contributed by atoms with Crippen molar-refractivity contribution in [1.82, 2.24) is 9.55 Å². The zero-order valence-corrected chi connectivity index (χ0v) is 7.77. The smallest absolute Gasteiger partial charge is 0.326 e. The quantitative estimate of drug-likeness (QED) is 0.639. The molecular weight excluding hydrogens is 182 g/mol. The molecule has 2 rings (SSSR count). The van der Waals surface area contributed by atoms with Crippen molar-refractivity contribution < 1.29 is 0 Å². The molecule has 0 saturated heterocycles. The van der Waals surface area contributed by atoms with Gasteiger partial charge in [0.15, 0.2) is 0 Å². The van der Waals surface area contributed by atoms with Crippen molar-refractivity contribution in [3.8, 4) is 0 Å². The number of nitrogens with two attached hydrogens (primary N) is 1. The minimum absolute atomic E-state index is 0.0730. The molecule has 0 bridgehead atoms. The van der Waals surface area contributed by atoms with Crippen LogP contribution < -0.4 is 17.0 Å². The second-order valence-corrected chi connectivity index (χ2v) is 3.65. The van der Waals surface area contributed by atoms with Gasteiger partial charge >= 0.3 is 5.69 Å². The summed E-state index contributed by atoms with van der Waals surface area (Å²) in [6, 6.07) is 1.15. The first kappa shape index (κ1) is 9.21. The van der Waals surface area contributed by atoms with Crippen molar-refractivity contribution in [2.75, 3.05) is 0 Å². The van der Waals surface area contributed by atoms with Crippen molar-refractivity contribution in [1.29, 1.82) is 0 Å². The molecule has 0 spiro atoms. The zero-order chi connectivity index (χ0) is 10.1. The van der Waals surface area contributed by atoms with Crippen molar-refractivity contribution >= 4 is 0 Å². The third kappa shape index (κ3) is 1.39. The molecule has 0 radical (unpaired) electrons. The Morgan fingerprint density at radius 2 is 2.21 bits per heavy atom. The van der Waals surface area contributed by atoms with Crippen LogP contribution >= 0.6 is 0 Å². The number of H-pyrrole nitrogens is 1. The van der Waals surface area contributed by atoms with E-state index >= 15 is 0 Å². The SMILES string of the molecule is NC1CCCC1n1c(=O)cc[nH]c1=O. The van der Waals surface area contributed by atoms with Crippen LogP contribution in [0.1, 0.15) is 25.3 Å². The Morgan fingerprint density at radius 3 is 2.79 bits per heavy atom. The summed E-state index contributed by atoms with van der Waals surface area (Å²) in [5.41, 5.74) is 5.21. The lowest BCUT2D eigenvalue weighted by Crippen LogP contribution is -2.42. The summed E-state index contributed by atoms with van der Waals surface area (Å²) in [4.78, 5) is 25.4. The molecule has 2 unspecified atom stereocenters. The van der Waals surface area contributed by atoms with Gasteiger partial charge in [0.1, 0.15) is 0 Å². The van der Waals surface area contributed by atoms with Crippen LogP contribution in [0.15, 0.2) is 21.9 Å². The van der Waals surface area contributed by atoms with Crippen molar-refractivity contribution in [3.05, 3.63) is 33.1 Å². The standard InChI is InChI=1S/C9H13N3O2/c10-6-2-1-3-7(6)12-8(13)4-5-11-9(12)14/h4-7H,1-3,10H2,(H,11,14). The molecule has 14 heavy (non-hydrogen) atoms. The summed E-state index contributed by atoms with van der Waals surface area (Å²) < 4.78 is 1.23. The molecule has 1 aromatic rings. The van der Waals surface area contributed by atoms with E-state index in [9.17, 15) is 9.59 Å². The van der Waals surface area contributed by atoms with E-state index in [0.717, 1.165) is 19.3 Å². The van der Waals surface area contributed by atoms with Crippen molar-refractivity contribution in [2.45, 2.75) is 31.3 Å². The third-order valence-corrected chi connectivity index (χ3v) is 2.75. The normalized spacial score (nSPS) is 26.6. The summed E-state index contributed by atoms with van der Waals surface area (Å²) >= 11 is 0. The number of aromatic amines is 1. The minimum atomic E-state index is -0.361. The fourth-order valence-corrected chi connectivity index (χ4v) is 2.04. The lowest BCUT2D eigenvalue weighted by molar-refractivity contribution is 0.431. The summed E-state index contributed by atoms with van der Waals surface area (Å²) in [6.45, 7) is 0. The molecule has 5 heteroatoms. The Labute approximate surface area is 80.6 Å². The summed E-state index contributed by atoms with van der Waals surface area (Å²) in [7, 11) is 0. The summed E-state index contributed by atoms with van der Waals surface area (Å²) in [5.74, 6) is 0. The fraction of sp³-hybridized carbons (Fsp3) is 0.556. The molecule has 1 saturated carbocycles. The summed E-state index contributed by atoms with van der Waals surface area (Å²) in [6.07, 6.45) is 4.04. The zero-order valence-electron chi connectivity index (χ0n) is 7.77. The van der Waals surface area contributed by atoms with E-state index in [4.69, 9.17) is 5.73 Å². The van der Waals surface area contributed by atoms with E-state index in [1.807, 2.05) is 0 Å². The van der Waals surface area contributed by atoms with Gasteiger partial charge in [-0.3, -0.25) is 9.36 Å². The molecular formula is C9H13N3O2. The predicted molar refractivity (Wildman–Crippen MR) is 52.2 cm³/mol. The van der Waals surface area contributed by atoms with E-state index in [1.54, 1.807) is 0 Å². The lowest BCUT2D eigenvalue weighted by atomic mass is 10.2. The number of nitrogens with one attached hydrogen (secondary N) is 1. The van der Waals surface area contributed by atoms with Gasteiger partial charge in [0, 0.05) is 18.3 Å². The average molecular weight is 195 g/mol. The molecule has 0 aliphatic heterocycles. The van der Waals surface area contributed by atoms with Crippen molar-refractivity contribution in [3.63, 3.8) is 0 Å². The Hall–Kier alpha value is -1.36. The number of hydrogen-bond acceptors (Lipinski definition) is 3. The number of hydrogen-bond donors (Lipinski definition) is 2. The number of aromatic nitrogens is 2. The topological polar surface area (TPSA) is 80.9 Å². The van der Waals surface area contributed by atoms with E-state index < -0.39 is 0 Å². The Morgan fingerprint density at radius 1 is 1.43 bits per heavy atom.